The summed E-state index contributed by atoms with van der Waals surface area (Å²) < 4.78 is 15.8. The van der Waals surface area contributed by atoms with E-state index in [9.17, 15) is 0 Å². The Labute approximate surface area is 192 Å². The molecule has 0 bridgehead atoms. The van der Waals surface area contributed by atoms with Gasteiger partial charge in [-0.25, -0.2) is 4.98 Å². The zero-order chi connectivity index (χ0) is 22.0. The molecule has 1 aromatic carbocycles. The zero-order valence-electron chi connectivity index (χ0n) is 18.3. The number of pyridine rings is 1. The molecule has 8 nitrogen and oxygen atoms in total. The SMILES string of the molecule is c1ccc(-c2nn(C3CC3)cc2Oc2ccnc(Nc3cnn(C4CCOCC4)c3)c2)cc1. The van der Waals surface area contributed by atoms with Crippen molar-refractivity contribution in [3.63, 3.8) is 0 Å². The summed E-state index contributed by atoms with van der Waals surface area (Å²) in [7, 11) is 0. The van der Waals surface area contributed by atoms with Crippen LogP contribution in [0.4, 0.5) is 11.5 Å². The molecule has 0 radical (unpaired) electrons. The van der Waals surface area contributed by atoms with Crippen molar-refractivity contribution in [3.05, 3.63) is 67.3 Å². The van der Waals surface area contributed by atoms with E-state index in [0.29, 0.717) is 23.7 Å². The smallest absolute Gasteiger partial charge is 0.173 e. The van der Waals surface area contributed by atoms with Crippen LogP contribution >= 0.6 is 0 Å². The van der Waals surface area contributed by atoms with Crippen molar-refractivity contribution in [1.82, 2.24) is 24.5 Å². The fourth-order valence-electron chi connectivity index (χ4n) is 4.14. The molecule has 2 fully saturated rings. The van der Waals surface area contributed by atoms with Crippen LogP contribution in [-0.4, -0.2) is 37.8 Å². The fraction of sp³-hybridized carbons (Fsp3) is 0.320. The van der Waals surface area contributed by atoms with Gasteiger partial charge in [-0.3, -0.25) is 9.36 Å². The molecule has 4 heterocycles. The Morgan fingerprint density at radius 1 is 0.939 bits per heavy atom. The number of nitrogens with zero attached hydrogens (tertiary/aromatic N) is 5. The Morgan fingerprint density at radius 2 is 1.76 bits per heavy atom. The van der Waals surface area contributed by atoms with Crippen molar-refractivity contribution in [1.29, 1.82) is 0 Å². The summed E-state index contributed by atoms with van der Waals surface area (Å²) in [5.74, 6) is 2.16. The van der Waals surface area contributed by atoms with Gasteiger partial charge in [0.25, 0.3) is 0 Å². The molecule has 3 aromatic heterocycles. The monoisotopic (exact) mass is 442 g/mol. The highest BCUT2D eigenvalue weighted by Crippen LogP contribution is 2.39. The van der Waals surface area contributed by atoms with E-state index < -0.39 is 0 Å². The third-order valence-corrected chi connectivity index (χ3v) is 6.06. The van der Waals surface area contributed by atoms with E-state index in [4.69, 9.17) is 14.6 Å². The molecular weight excluding hydrogens is 416 g/mol. The zero-order valence-corrected chi connectivity index (χ0v) is 18.3. The Hall–Kier alpha value is -3.65. The molecule has 8 heteroatoms. The third-order valence-electron chi connectivity index (χ3n) is 6.06. The van der Waals surface area contributed by atoms with Crippen molar-refractivity contribution < 1.29 is 9.47 Å². The van der Waals surface area contributed by atoms with Gasteiger partial charge >= 0.3 is 0 Å². The number of hydrogen-bond donors (Lipinski definition) is 1. The Kier molecular flexibility index (Phi) is 5.28. The lowest BCUT2D eigenvalue weighted by atomic mass is 10.1. The average Bonchev–Trinajstić information content (AvgIpc) is 3.47. The van der Waals surface area contributed by atoms with Crippen molar-refractivity contribution in [2.45, 2.75) is 37.8 Å². The van der Waals surface area contributed by atoms with Crippen LogP contribution in [0.5, 0.6) is 11.5 Å². The maximum atomic E-state index is 6.30. The van der Waals surface area contributed by atoms with Crippen LogP contribution in [0.2, 0.25) is 0 Å². The summed E-state index contributed by atoms with van der Waals surface area (Å²) in [6.07, 6.45) is 11.9. The molecule has 0 unspecified atom stereocenters. The van der Waals surface area contributed by atoms with Gasteiger partial charge in [-0.05, 0) is 31.7 Å². The van der Waals surface area contributed by atoms with Gasteiger partial charge in [-0.2, -0.15) is 10.2 Å². The molecule has 0 atom stereocenters. The summed E-state index contributed by atoms with van der Waals surface area (Å²) in [6.45, 7) is 1.58. The summed E-state index contributed by atoms with van der Waals surface area (Å²) in [6, 6.07) is 14.8. The molecule has 168 valence electrons. The first-order chi connectivity index (χ1) is 16.3. The van der Waals surface area contributed by atoms with Gasteiger partial charge in [0.2, 0.25) is 0 Å². The summed E-state index contributed by atoms with van der Waals surface area (Å²) in [4.78, 5) is 4.45. The van der Waals surface area contributed by atoms with Crippen LogP contribution in [0.25, 0.3) is 11.3 Å². The molecule has 0 spiro atoms. The van der Waals surface area contributed by atoms with Crippen LogP contribution in [0.3, 0.4) is 0 Å². The highest BCUT2D eigenvalue weighted by atomic mass is 16.5. The van der Waals surface area contributed by atoms with E-state index in [1.54, 1.807) is 6.20 Å². The second-order valence-corrected chi connectivity index (χ2v) is 8.58. The molecule has 4 aromatic rings. The molecule has 1 saturated carbocycles. The van der Waals surface area contributed by atoms with Gasteiger partial charge in [0.15, 0.2) is 5.75 Å². The van der Waals surface area contributed by atoms with Crippen LogP contribution < -0.4 is 10.1 Å². The first-order valence-corrected chi connectivity index (χ1v) is 11.5. The highest BCUT2D eigenvalue weighted by molar-refractivity contribution is 5.66. The topological polar surface area (TPSA) is 79.0 Å². The number of benzene rings is 1. The Balaban J connectivity index is 1.21. The lowest BCUT2D eigenvalue weighted by Crippen LogP contribution is -2.19. The summed E-state index contributed by atoms with van der Waals surface area (Å²) in [5.41, 5.74) is 2.80. The van der Waals surface area contributed by atoms with Crippen molar-refractivity contribution in [2.75, 3.05) is 18.5 Å². The lowest BCUT2D eigenvalue weighted by Gasteiger charge is -2.22. The summed E-state index contributed by atoms with van der Waals surface area (Å²) in [5, 5.41) is 12.7. The second kappa shape index (κ2) is 8.71. The fourth-order valence-corrected chi connectivity index (χ4v) is 4.14. The normalized spacial score (nSPS) is 16.6. The Morgan fingerprint density at radius 3 is 2.58 bits per heavy atom. The minimum atomic E-state index is 0.385. The number of anilines is 2. The van der Waals surface area contributed by atoms with E-state index in [2.05, 4.69) is 27.5 Å². The van der Waals surface area contributed by atoms with Crippen LogP contribution in [-0.2, 0) is 4.74 Å². The minimum absolute atomic E-state index is 0.385. The highest BCUT2D eigenvalue weighted by Gasteiger charge is 2.27. The van der Waals surface area contributed by atoms with Gasteiger partial charge in [0.1, 0.15) is 17.3 Å². The Bertz CT molecular complexity index is 1220. The molecule has 2 aliphatic rings. The van der Waals surface area contributed by atoms with Crippen molar-refractivity contribution in [3.8, 4) is 22.8 Å². The molecule has 1 N–H and O–H groups in total. The number of rotatable bonds is 7. The molecule has 1 aliphatic carbocycles. The number of nitrogens with one attached hydrogen (secondary N) is 1. The molecule has 33 heavy (non-hydrogen) atoms. The van der Waals surface area contributed by atoms with Gasteiger partial charge in [0, 0.05) is 37.2 Å². The van der Waals surface area contributed by atoms with E-state index in [1.165, 1.54) is 12.8 Å². The average molecular weight is 443 g/mol. The predicted molar refractivity (Wildman–Crippen MR) is 125 cm³/mol. The molecular formula is C25H26N6O2. The maximum Gasteiger partial charge on any atom is 0.173 e. The van der Waals surface area contributed by atoms with Gasteiger partial charge in [-0.15, -0.1) is 0 Å². The molecule has 1 saturated heterocycles. The van der Waals surface area contributed by atoms with Crippen LogP contribution in [0.1, 0.15) is 37.8 Å². The number of ether oxygens (including phenoxy) is 2. The number of hydrogen-bond acceptors (Lipinski definition) is 6. The third kappa shape index (κ3) is 4.47. The van der Waals surface area contributed by atoms with E-state index in [0.717, 1.165) is 48.7 Å². The quantitative estimate of drug-likeness (QED) is 0.415. The molecule has 1 aliphatic heterocycles. The van der Waals surface area contributed by atoms with Gasteiger partial charge in [0.05, 0.1) is 30.2 Å². The van der Waals surface area contributed by atoms with E-state index in [-0.39, 0.29) is 0 Å². The van der Waals surface area contributed by atoms with Crippen molar-refractivity contribution >= 4 is 11.5 Å². The largest absolute Gasteiger partial charge is 0.453 e. The standard InChI is InChI=1S/C25H26N6O2/c1-2-4-18(5-3-1)25-23(17-31(29-25)20-6-7-20)33-22-8-11-26-24(14-22)28-19-15-27-30(16-19)21-9-12-32-13-10-21/h1-5,8,11,14-17,20-21H,6-7,9-10,12-13H2,(H,26,28). The first kappa shape index (κ1) is 20.0. The minimum Gasteiger partial charge on any atom is -0.453 e. The summed E-state index contributed by atoms with van der Waals surface area (Å²) >= 11 is 0. The molecule has 0 amide bonds. The van der Waals surface area contributed by atoms with Crippen LogP contribution in [0, 0.1) is 0 Å². The van der Waals surface area contributed by atoms with Crippen LogP contribution in [0.15, 0.2) is 67.3 Å². The maximum absolute atomic E-state index is 6.30. The second-order valence-electron chi connectivity index (χ2n) is 8.58. The van der Waals surface area contributed by atoms with Gasteiger partial charge < -0.3 is 14.8 Å². The number of aromatic nitrogens is 5. The lowest BCUT2D eigenvalue weighted by molar-refractivity contribution is 0.0662. The first-order valence-electron chi connectivity index (χ1n) is 11.5. The molecule has 6 rings (SSSR count). The predicted octanol–water partition coefficient (Wildman–Crippen LogP) is 5.36. The van der Waals surface area contributed by atoms with E-state index >= 15 is 0 Å². The van der Waals surface area contributed by atoms with Gasteiger partial charge in [-0.1, -0.05) is 30.3 Å². The van der Waals surface area contributed by atoms with E-state index in [1.807, 2.05) is 58.3 Å². The van der Waals surface area contributed by atoms with Crippen molar-refractivity contribution in [2.24, 2.45) is 0 Å².